The molecule has 0 radical (unpaired) electrons. The summed E-state index contributed by atoms with van der Waals surface area (Å²) >= 11 is 6.20. The van der Waals surface area contributed by atoms with Gasteiger partial charge < -0.3 is 10.2 Å². The summed E-state index contributed by atoms with van der Waals surface area (Å²) in [7, 11) is -3.80. The van der Waals surface area contributed by atoms with E-state index < -0.39 is 28.5 Å². The number of anilines is 1. The van der Waals surface area contributed by atoms with E-state index in [4.69, 9.17) is 11.6 Å². The summed E-state index contributed by atoms with van der Waals surface area (Å²) in [5.41, 5.74) is 2.92. The van der Waals surface area contributed by atoms with Crippen molar-refractivity contribution in [3.05, 3.63) is 64.2 Å². The maximum Gasteiger partial charge on any atom is 0.244 e. The van der Waals surface area contributed by atoms with E-state index in [0.717, 1.165) is 27.3 Å². The molecule has 0 spiro atoms. The van der Waals surface area contributed by atoms with E-state index >= 15 is 0 Å². The van der Waals surface area contributed by atoms with Crippen molar-refractivity contribution in [2.24, 2.45) is 0 Å². The van der Waals surface area contributed by atoms with Gasteiger partial charge in [-0.3, -0.25) is 13.9 Å². The summed E-state index contributed by atoms with van der Waals surface area (Å²) in [6.07, 6.45) is 1.04. The van der Waals surface area contributed by atoms with Gasteiger partial charge in [0.25, 0.3) is 0 Å². The first-order valence-electron chi connectivity index (χ1n) is 10.7. The summed E-state index contributed by atoms with van der Waals surface area (Å²) in [6, 6.07) is 11.5. The fraction of sp³-hybridized carbons (Fsp3) is 0.417. The van der Waals surface area contributed by atoms with Crippen LogP contribution in [0, 0.1) is 13.8 Å². The zero-order chi connectivity index (χ0) is 24.9. The van der Waals surface area contributed by atoms with Crippen LogP contribution >= 0.6 is 11.6 Å². The van der Waals surface area contributed by atoms with Crippen molar-refractivity contribution < 1.29 is 18.0 Å². The first kappa shape index (κ1) is 26.7. The van der Waals surface area contributed by atoms with Gasteiger partial charge in [-0.05, 0) is 63.4 Å². The summed E-state index contributed by atoms with van der Waals surface area (Å²) in [6.45, 7) is 8.76. The zero-order valence-electron chi connectivity index (χ0n) is 19.9. The van der Waals surface area contributed by atoms with Crippen molar-refractivity contribution in [2.75, 3.05) is 17.1 Å². The molecule has 0 aliphatic rings. The normalized spacial score (nSPS) is 12.4. The van der Waals surface area contributed by atoms with E-state index in [1.807, 2.05) is 45.0 Å². The minimum absolute atomic E-state index is 0.0995. The molecule has 0 fully saturated rings. The lowest BCUT2D eigenvalue weighted by molar-refractivity contribution is -0.139. The monoisotopic (exact) mass is 493 g/mol. The van der Waals surface area contributed by atoms with Crippen LogP contribution in [0.4, 0.5) is 5.69 Å². The van der Waals surface area contributed by atoms with Crippen molar-refractivity contribution in [2.45, 2.75) is 53.2 Å². The van der Waals surface area contributed by atoms with Gasteiger partial charge in [0, 0.05) is 17.6 Å². The molecule has 7 nitrogen and oxygen atoms in total. The maximum atomic E-state index is 13.5. The van der Waals surface area contributed by atoms with Crippen molar-refractivity contribution >= 4 is 39.1 Å². The van der Waals surface area contributed by atoms with Gasteiger partial charge in [0.1, 0.15) is 12.6 Å². The third-order valence-electron chi connectivity index (χ3n) is 5.32. The van der Waals surface area contributed by atoms with E-state index in [9.17, 15) is 18.0 Å². The molecule has 33 heavy (non-hydrogen) atoms. The van der Waals surface area contributed by atoms with E-state index in [0.29, 0.717) is 5.02 Å². The average Bonchev–Trinajstić information content (AvgIpc) is 2.71. The summed E-state index contributed by atoms with van der Waals surface area (Å²) in [4.78, 5) is 27.6. The van der Waals surface area contributed by atoms with Crippen LogP contribution in [0.3, 0.4) is 0 Å². The Morgan fingerprint density at radius 3 is 2.21 bits per heavy atom. The predicted octanol–water partition coefficient (Wildman–Crippen LogP) is 3.66. The highest BCUT2D eigenvalue weighted by atomic mass is 35.5. The smallest absolute Gasteiger partial charge is 0.244 e. The van der Waals surface area contributed by atoms with Crippen LogP contribution in [0.2, 0.25) is 5.02 Å². The zero-order valence-corrected chi connectivity index (χ0v) is 21.5. The van der Waals surface area contributed by atoms with Gasteiger partial charge in [0.05, 0.1) is 11.9 Å². The average molecular weight is 494 g/mol. The number of rotatable bonds is 9. The highest BCUT2D eigenvalue weighted by Crippen LogP contribution is 2.25. The second-order valence-electron chi connectivity index (χ2n) is 8.49. The Kier molecular flexibility index (Phi) is 8.91. The molecule has 9 heteroatoms. The van der Waals surface area contributed by atoms with E-state index in [1.165, 1.54) is 11.0 Å². The van der Waals surface area contributed by atoms with Gasteiger partial charge in [0.2, 0.25) is 21.8 Å². The fourth-order valence-electron chi connectivity index (χ4n) is 3.31. The molecular weight excluding hydrogens is 462 g/mol. The molecular formula is C24H32ClN3O4S. The quantitative estimate of drug-likeness (QED) is 0.577. The van der Waals surface area contributed by atoms with Crippen LogP contribution in [-0.4, -0.2) is 50.0 Å². The Morgan fingerprint density at radius 1 is 1.03 bits per heavy atom. The van der Waals surface area contributed by atoms with Crippen molar-refractivity contribution in [1.82, 2.24) is 10.2 Å². The Labute approximate surface area is 201 Å². The third-order valence-corrected chi connectivity index (χ3v) is 6.87. The molecule has 0 saturated carbocycles. The van der Waals surface area contributed by atoms with Crippen LogP contribution in [-0.2, 0) is 26.2 Å². The maximum absolute atomic E-state index is 13.5. The van der Waals surface area contributed by atoms with E-state index in [2.05, 4.69) is 5.32 Å². The molecule has 1 unspecified atom stereocenters. The number of hydrogen-bond acceptors (Lipinski definition) is 4. The van der Waals surface area contributed by atoms with Gasteiger partial charge in [-0.1, -0.05) is 41.9 Å². The van der Waals surface area contributed by atoms with E-state index in [1.54, 1.807) is 26.0 Å². The Bertz CT molecular complexity index is 1120. The number of carbonyl (C=O) groups excluding carboxylic acids is 2. The molecule has 0 bridgehead atoms. The van der Waals surface area contributed by atoms with Gasteiger partial charge >= 0.3 is 0 Å². The van der Waals surface area contributed by atoms with Crippen LogP contribution in [0.15, 0.2) is 42.5 Å². The Balaban J connectivity index is 2.43. The first-order chi connectivity index (χ1) is 15.3. The van der Waals surface area contributed by atoms with Crippen LogP contribution in [0.5, 0.6) is 0 Å². The molecule has 0 heterocycles. The SMILES string of the molecule is Cc1ccc(N(CC(=O)N(Cc2ccccc2C)C(C)C(=O)NC(C)C)S(C)(=O)=O)cc1Cl. The number of nitrogens with zero attached hydrogens (tertiary/aromatic N) is 2. The Hall–Kier alpha value is -2.58. The largest absolute Gasteiger partial charge is 0.352 e. The number of carbonyl (C=O) groups is 2. The Morgan fingerprint density at radius 2 is 1.67 bits per heavy atom. The highest BCUT2D eigenvalue weighted by Gasteiger charge is 2.30. The number of nitrogens with one attached hydrogen (secondary N) is 1. The molecule has 0 saturated heterocycles. The van der Waals surface area contributed by atoms with E-state index in [-0.39, 0.29) is 24.2 Å². The fourth-order valence-corrected chi connectivity index (χ4v) is 4.33. The van der Waals surface area contributed by atoms with Gasteiger partial charge in [-0.2, -0.15) is 0 Å². The van der Waals surface area contributed by atoms with Gasteiger partial charge in [-0.15, -0.1) is 0 Å². The van der Waals surface area contributed by atoms with Crippen LogP contribution in [0.25, 0.3) is 0 Å². The lowest BCUT2D eigenvalue weighted by atomic mass is 10.1. The molecule has 2 amide bonds. The first-order valence-corrected chi connectivity index (χ1v) is 12.9. The molecule has 180 valence electrons. The molecule has 0 aromatic heterocycles. The minimum Gasteiger partial charge on any atom is -0.352 e. The molecule has 2 aromatic carbocycles. The molecule has 1 N–H and O–H groups in total. The molecule has 1 atom stereocenters. The number of amides is 2. The number of sulfonamides is 1. The standard InChI is InChI=1S/C24H32ClN3O4S/c1-16(2)26-24(30)19(5)27(14-20-10-8-7-9-17(20)3)23(29)15-28(33(6,31)32)21-12-11-18(4)22(25)13-21/h7-13,16,19H,14-15H2,1-6H3,(H,26,30). The summed E-state index contributed by atoms with van der Waals surface area (Å²) < 4.78 is 26.2. The van der Waals surface area contributed by atoms with Crippen molar-refractivity contribution in [3.8, 4) is 0 Å². The number of aryl methyl sites for hydroxylation is 2. The van der Waals surface area contributed by atoms with Gasteiger partial charge in [0.15, 0.2) is 0 Å². The molecule has 2 aromatic rings. The number of benzene rings is 2. The van der Waals surface area contributed by atoms with Crippen molar-refractivity contribution in [3.63, 3.8) is 0 Å². The third kappa shape index (κ3) is 7.20. The van der Waals surface area contributed by atoms with Crippen molar-refractivity contribution in [1.29, 1.82) is 0 Å². The number of halogens is 1. The summed E-state index contributed by atoms with van der Waals surface area (Å²) in [5, 5.41) is 3.22. The molecule has 0 aliphatic heterocycles. The topological polar surface area (TPSA) is 86.8 Å². The van der Waals surface area contributed by atoms with Gasteiger partial charge in [-0.25, -0.2) is 8.42 Å². The minimum atomic E-state index is -3.80. The van der Waals surface area contributed by atoms with Crippen LogP contribution in [0.1, 0.15) is 37.5 Å². The predicted molar refractivity (Wildman–Crippen MR) is 133 cm³/mol. The molecule has 2 rings (SSSR count). The molecule has 0 aliphatic carbocycles. The second kappa shape index (κ2) is 11.0. The lowest BCUT2D eigenvalue weighted by Crippen LogP contribution is -2.52. The number of hydrogen-bond donors (Lipinski definition) is 1. The lowest BCUT2D eigenvalue weighted by Gasteiger charge is -2.32. The second-order valence-corrected chi connectivity index (χ2v) is 10.8. The highest BCUT2D eigenvalue weighted by molar-refractivity contribution is 7.92. The summed E-state index contributed by atoms with van der Waals surface area (Å²) in [5.74, 6) is -0.803. The van der Waals surface area contributed by atoms with Crippen LogP contribution < -0.4 is 9.62 Å².